The van der Waals surface area contributed by atoms with Crippen molar-refractivity contribution in [3.63, 3.8) is 0 Å². The first-order valence-corrected chi connectivity index (χ1v) is 14.5. The number of nitriles is 1. The number of aromatic carboxylic acids is 1. The van der Waals surface area contributed by atoms with Gasteiger partial charge < -0.3 is 19.1 Å². The number of hydrogen-bond acceptors (Lipinski definition) is 8. The van der Waals surface area contributed by atoms with Gasteiger partial charge in [-0.2, -0.15) is 5.26 Å². The normalized spacial score (nSPS) is 18.6. The number of ether oxygens (including phenoxy) is 2. The molecule has 0 bridgehead atoms. The zero-order chi connectivity index (χ0) is 28.6. The van der Waals surface area contributed by atoms with Crippen LogP contribution in [0.4, 0.5) is 4.39 Å². The first kappa shape index (κ1) is 27.3. The molecule has 1 atom stereocenters. The number of carbonyl (C=O) groups is 1. The molecule has 3 aromatic heterocycles. The Kier molecular flexibility index (Phi) is 7.46. The molecule has 0 aliphatic carbocycles. The Morgan fingerprint density at radius 3 is 2.76 bits per heavy atom. The van der Waals surface area contributed by atoms with E-state index >= 15 is 0 Å². The monoisotopic (exact) mass is 575 g/mol. The average molecular weight is 576 g/mol. The number of halogens is 1. The summed E-state index contributed by atoms with van der Waals surface area (Å²) >= 11 is 1.21. The van der Waals surface area contributed by atoms with Crippen molar-refractivity contribution in [3.05, 3.63) is 75.8 Å². The molecular weight excluding hydrogens is 545 g/mol. The van der Waals surface area contributed by atoms with E-state index in [4.69, 9.17) is 24.7 Å². The number of carboxylic acids is 1. The summed E-state index contributed by atoms with van der Waals surface area (Å²) in [6.07, 6.45) is 2.93. The van der Waals surface area contributed by atoms with Crippen molar-refractivity contribution in [3.8, 4) is 11.9 Å². The maximum absolute atomic E-state index is 14.3. The summed E-state index contributed by atoms with van der Waals surface area (Å²) < 4.78 is 27.9. The number of imidazole rings is 1. The van der Waals surface area contributed by atoms with Crippen LogP contribution in [0.25, 0.3) is 10.3 Å². The molecule has 6 rings (SSSR count). The number of pyridine rings is 1. The van der Waals surface area contributed by atoms with Crippen LogP contribution in [0.2, 0.25) is 0 Å². The lowest BCUT2D eigenvalue weighted by atomic mass is 9.77. The molecule has 2 saturated heterocycles. The largest absolute Gasteiger partial charge is 0.477 e. The molecule has 5 heterocycles. The summed E-state index contributed by atoms with van der Waals surface area (Å²) in [6.45, 7) is 6.09. The zero-order valence-corrected chi connectivity index (χ0v) is 23.5. The van der Waals surface area contributed by atoms with Gasteiger partial charge in [0.1, 0.15) is 28.0 Å². The zero-order valence-electron chi connectivity index (χ0n) is 22.7. The van der Waals surface area contributed by atoms with E-state index in [1.165, 1.54) is 17.4 Å². The number of hydrogen-bond donors (Lipinski definition) is 1. The lowest BCUT2D eigenvalue weighted by molar-refractivity contribution is -0.0592. The number of piperidine rings is 1. The SMILES string of the molecule is CC1(c2cccc(OCc3ccc(C#N)cc3F)n2)CCN(Cc2nc3sc(C(=O)O)cc3n2C[C@@H]2CCO2)CC1. The second kappa shape index (κ2) is 11.2. The summed E-state index contributed by atoms with van der Waals surface area (Å²) in [5.41, 5.74) is 2.31. The molecule has 0 saturated carbocycles. The van der Waals surface area contributed by atoms with Crippen molar-refractivity contribution >= 4 is 27.7 Å². The van der Waals surface area contributed by atoms with E-state index in [9.17, 15) is 14.3 Å². The number of aromatic nitrogens is 3. The van der Waals surface area contributed by atoms with Gasteiger partial charge in [-0.25, -0.2) is 19.2 Å². The van der Waals surface area contributed by atoms with E-state index in [0.717, 1.165) is 60.8 Å². The fourth-order valence-electron chi connectivity index (χ4n) is 5.40. The molecule has 2 aliphatic rings. The van der Waals surface area contributed by atoms with Gasteiger partial charge in [0.25, 0.3) is 0 Å². The third-order valence-electron chi connectivity index (χ3n) is 8.14. The molecular formula is C30H30FN5O4S. The van der Waals surface area contributed by atoms with Gasteiger partial charge in [0, 0.05) is 23.7 Å². The molecule has 11 heteroatoms. The topological polar surface area (TPSA) is 114 Å². The van der Waals surface area contributed by atoms with Crippen molar-refractivity contribution in [1.82, 2.24) is 19.4 Å². The summed E-state index contributed by atoms with van der Waals surface area (Å²) in [4.78, 5) is 24.6. The van der Waals surface area contributed by atoms with Gasteiger partial charge >= 0.3 is 5.97 Å². The first-order valence-electron chi connectivity index (χ1n) is 13.7. The van der Waals surface area contributed by atoms with Crippen LogP contribution in [0.1, 0.15) is 58.5 Å². The number of fused-ring (bicyclic) bond motifs is 1. The van der Waals surface area contributed by atoms with Gasteiger partial charge in [0.15, 0.2) is 0 Å². The van der Waals surface area contributed by atoms with Gasteiger partial charge in [0.05, 0.1) is 42.0 Å². The van der Waals surface area contributed by atoms with Crippen LogP contribution in [-0.4, -0.2) is 56.3 Å². The highest BCUT2D eigenvalue weighted by molar-refractivity contribution is 7.20. The number of rotatable bonds is 9. The Bertz CT molecular complexity index is 1630. The molecule has 0 radical (unpaired) electrons. The van der Waals surface area contributed by atoms with Crippen molar-refractivity contribution in [1.29, 1.82) is 5.26 Å². The van der Waals surface area contributed by atoms with Crippen LogP contribution in [0, 0.1) is 17.1 Å². The third-order valence-corrected chi connectivity index (χ3v) is 9.15. The standard InChI is InChI=1S/C30H30FN5O4S/c1-30(25-3-2-4-27(33-25)40-18-20-6-5-19(15-32)13-22(20)31)8-10-35(11-9-30)17-26-34-28-23(14-24(41-28)29(37)38)36(26)16-21-7-12-39-21/h2-6,13-14,21H,7-12,16-18H2,1H3,(H,37,38)/t21-/m0/s1. The Morgan fingerprint density at radius 1 is 1.27 bits per heavy atom. The number of benzene rings is 1. The molecule has 212 valence electrons. The molecule has 0 amide bonds. The summed E-state index contributed by atoms with van der Waals surface area (Å²) in [5.74, 6) is -0.0230. The second-order valence-electron chi connectivity index (χ2n) is 10.9. The van der Waals surface area contributed by atoms with Gasteiger partial charge in [0.2, 0.25) is 5.88 Å². The van der Waals surface area contributed by atoms with Gasteiger partial charge in [-0.15, -0.1) is 11.3 Å². The quantitative estimate of drug-likeness (QED) is 0.293. The molecule has 9 nitrogen and oxygen atoms in total. The molecule has 1 N–H and O–H groups in total. The van der Waals surface area contributed by atoms with Crippen molar-refractivity contribution in [2.75, 3.05) is 19.7 Å². The minimum absolute atomic E-state index is 0.0302. The Morgan fingerprint density at radius 2 is 2.07 bits per heavy atom. The van der Waals surface area contributed by atoms with Crippen LogP contribution >= 0.6 is 11.3 Å². The molecule has 0 unspecified atom stereocenters. The van der Waals surface area contributed by atoms with E-state index in [1.54, 1.807) is 24.3 Å². The Labute approximate surface area is 240 Å². The van der Waals surface area contributed by atoms with Crippen LogP contribution in [0.3, 0.4) is 0 Å². The van der Waals surface area contributed by atoms with Gasteiger partial charge in [-0.1, -0.05) is 19.1 Å². The van der Waals surface area contributed by atoms with Crippen molar-refractivity contribution in [2.45, 2.75) is 57.4 Å². The molecule has 4 aromatic rings. The lowest BCUT2D eigenvalue weighted by Crippen LogP contribution is -2.41. The fourth-order valence-corrected chi connectivity index (χ4v) is 6.29. The number of thiophene rings is 1. The molecule has 2 aliphatic heterocycles. The Balaban J connectivity index is 1.11. The van der Waals surface area contributed by atoms with E-state index in [2.05, 4.69) is 16.4 Å². The number of likely N-dealkylation sites (tertiary alicyclic amines) is 1. The lowest BCUT2D eigenvalue weighted by Gasteiger charge is -2.39. The first-order chi connectivity index (χ1) is 19.8. The highest BCUT2D eigenvalue weighted by Crippen LogP contribution is 2.36. The van der Waals surface area contributed by atoms with E-state index in [0.29, 0.717) is 29.4 Å². The predicted molar refractivity (Wildman–Crippen MR) is 150 cm³/mol. The molecule has 1 aromatic carbocycles. The summed E-state index contributed by atoms with van der Waals surface area (Å²) in [7, 11) is 0. The van der Waals surface area contributed by atoms with Crippen LogP contribution < -0.4 is 4.74 Å². The maximum Gasteiger partial charge on any atom is 0.346 e. The number of carboxylic acid groups (broad SMARTS) is 1. The fraction of sp³-hybridized carbons (Fsp3) is 0.400. The number of nitrogens with zero attached hydrogens (tertiary/aromatic N) is 5. The minimum Gasteiger partial charge on any atom is -0.477 e. The average Bonchev–Trinajstić information content (AvgIpc) is 3.50. The second-order valence-corrected chi connectivity index (χ2v) is 12.0. The molecule has 0 spiro atoms. The highest BCUT2D eigenvalue weighted by atomic mass is 32.1. The smallest absolute Gasteiger partial charge is 0.346 e. The Hall–Kier alpha value is -3.85. The third kappa shape index (κ3) is 5.68. The van der Waals surface area contributed by atoms with Crippen molar-refractivity contribution in [2.24, 2.45) is 0 Å². The van der Waals surface area contributed by atoms with Crippen LogP contribution in [0.5, 0.6) is 5.88 Å². The van der Waals surface area contributed by atoms with E-state index < -0.39 is 11.8 Å². The molecule has 41 heavy (non-hydrogen) atoms. The minimum atomic E-state index is -0.930. The van der Waals surface area contributed by atoms with Gasteiger partial charge in [-0.05, 0) is 56.6 Å². The van der Waals surface area contributed by atoms with E-state index in [-0.39, 0.29) is 23.7 Å². The highest BCUT2D eigenvalue weighted by Gasteiger charge is 2.34. The predicted octanol–water partition coefficient (Wildman–Crippen LogP) is 5.12. The summed E-state index contributed by atoms with van der Waals surface area (Å²) in [5, 5.41) is 18.4. The molecule has 2 fully saturated rings. The van der Waals surface area contributed by atoms with Gasteiger partial charge in [-0.3, -0.25) is 4.90 Å². The van der Waals surface area contributed by atoms with Crippen LogP contribution in [-0.2, 0) is 29.8 Å². The van der Waals surface area contributed by atoms with Crippen molar-refractivity contribution < 1.29 is 23.8 Å². The maximum atomic E-state index is 14.3. The summed E-state index contributed by atoms with van der Waals surface area (Å²) in [6, 6.07) is 13.7. The van der Waals surface area contributed by atoms with E-state index in [1.807, 2.05) is 18.2 Å². The van der Waals surface area contributed by atoms with Crippen LogP contribution in [0.15, 0.2) is 42.5 Å².